The molecule has 0 aliphatic carbocycles. The van der Waals surface area contributed by atoms with E-state index in [-0.39, 0.29) is 5.41 Å². The van der Waals surface area contributed by atoms with Gasteiger partial charge in [-0.05, 0) is 23.1 Å². The molecule has 0 bridgehead atoms. The van der Waals surface area contributed by atoms with E-state index in [0.717, 1.165) is 11.8 Å². The predicted octanol–water partition coefficient (Wildman–Crippen LogP) is 3.25. The minimum absolute atomic E-state index is 0.168. The topological polar surface area (TPSA) is 82.3 Å². The SMILES string of the molecule is CC(C)(C)c1ccc(C=O)cc1.COC(=O)c1ccc(N)nc1. The number of nitrogens with zero attached hydrogens (tertiary/aromatic N) is 1. The van der Waals surface area contributed by atoms with Crippen molar-refractivity contribution in [1.29, 1.82) is 0 Å². The van der Waals surface area contributed by atoms with Gasteiger partial charge in [0.25, 0.3) is 0 Å². The summed E-state index contributed by atoms with van der Waals surface area (Å²) in [6, 6.07) is 10.8. The highest BCUT2D eigenvalue weighted by Crippen LogP contribution is 2.21. The highest BCUT2D eigenvalue weighted by molar-refractivity contribution is 5.89. The molecule has 0 saturated carbocycles. The summed E-state index contributed by atoms with van der Waals surface area (Å²) < 4.78 is 4.46. The quantitative estimate of drug-likeness (QED) is 0.679. The summed E-state index contributed by atoms with van der Waals surface area (Å²) in [7, 11) is 1.32. The summed E-state index contributed by atoms with van der Waals surface area (Å²) in [5, 5.41) is 0. The third-order valence-electron chi connectivity index (χ3n) is 3.12. The third-order valence-corrected chi connectivity index (χ3v) is 3.12. The van der Waals surface area contributed by atoms with Gasteiger partial charge in [0.2, 0.25) is 0 Å². The fourth-order valence-corrected chi connectivity index (χ4v) is 1.71. The Kier molecular flexibility index (Phi) is 6.45. The highest BCUT2D eigenvalue weighted by atomic mass is 16.5. The van der Waals surface area contributed by atoms with Crippen molar-refractivity contribution >= 4 is 18.1 Å². The van der Waals surface area contributed by atoms with Gasteiger partial charge >= 0.3 is 5.97 Å². The van der Waals surface area contributed by atoms with Crippen molar-refractivity contribution in [3.8, 4) is 0 Å². The Hall–Kier alpha value is -2.69. The van der Waals surface area contributed by atoms with Gasteiger partial charge in [-0.3, -0.25) is 4.79 Å². The zero-order chi connectivity index (χ0) is 17.5. The number of benzene rings is 1. The third kappa shape index (κ3) is 5.90. The zero-order valence-corrected chi connectivity index (χ0v) is 13.9. The van der Waals surface area contributed by atoms with Crippen LogP contribution in [0.1, 0.15) is 47.1 Å². The lowest BCUT2D eigenvalue weighted by Crippen LogP contribution is -2.10. The molecular weight excluding hydrogens is 292 g/mol. The lowest BCUT2D eigenvalue weighted by molar-refractivity contribution is 0.0600. The number of carbonyl (C=O) groups excluding carboxylic acids is 2. The first-order chi connectivity index (χ1) is 10.8. The van der Waals surface area contributed by atoms with Gasteiger partial charge in [-0.15, -0.1) is 0 Å². The number of carbonyl (C=O) groups is 2. The van der Waals surface area contributed by atoms with Crippen LogP contribution in [0.15, 0.2) is 42.6 Å². The second-order valence-electron chi connectivity index (χ2n) is 5.95. The van der Waals surface area contributed by atoms with E-state index in [1.165, 1.54) is 18.9 Å². The maximum absolute atomic E-state index is 10.8. The summed E-state index contributed by atoms with van der Waals surface area (Å²) in [5.41, 5.74) is 7.87. The number of nitrogen functional groups attached to an aromatic ring is 1. The molecule has 5 heteroatoms. The summed E-state index contributed by atoms with van der Waals surface area (Å²) >= 11 is 0. The number of aromatic nitrogens is 1. The molecule has 0 aliphatic rings. The van der Waals surface area contributed by atoms with Crippen LogP contribution in [0.3, 0.4) is 0 Å². The number of methoxy groups -OCH3 is 1. The monoisotopic (exact) mass is 314 g/mol. The van der Waals surface area contributed by atoms with Crippen LogP contribution >= 0.6 is 0 Å². The molecule has 1 heterocycles. The van der Waals surface area contributed by atoms with E-state index < -0.39 is 5.97 Å². The Bertz CT molecular complexity index is 641. The Labute approximate surface area is 136 Å². The van der Waals surface area contributed by atoms with E-state index in [4.69, 9.17) is 5.73 Å². The van der Waals surface area contributed by atoms with Gasteiger partial charge < -0.3 is 10.5 Å². The average Bonchev–Trinajstić information content (AvgIpc) is 2.54. The first-order valence-corrected chi connectivity index (χ1v) is 7.13. The van der Waals surface area contributed by atoms with Gasteiger partial charge in [0, 0.05) is 11.8 Å². The van der Waals surface area contributed by atoms with E-state index in [1.54, 1.807) is 12.1 Å². The molecule has 0 saturated heterocycles. The van der Waals surface area contributed by atoms with Crippen LogP contribution < -0.4 is 5.73 Å². The molecule has 0 aliphatic heterocycles. The maximum Gasteiger partial charge on any atom is 0.339 e. The molecule has 2 aromatic rings. The van der Waals surface area contributed by atoms with Crippen molar-refractivity contribution in [3.05, 3.63) is 59.3 Å². The van der Waals surface area contributed by atoms with Gasteiger partial charge in [0.15, 0.2) is 0 Å². The number of esters is 1. The highest BCUT2D eigenvalue weighted by Gasteiger charge is 2.12. The Balaban J connectivity index is 0.000000231. The molecule has 122 valence electrons. The van der Waals surface area contributed by atoms with Crippen molar-refractivity contribution in [3.63, 3.8) is 0 Å². The molecule has 0 amide bonds. The maximum atomic E-state index is 10.8. The number of pyridine rings is 1. The Morgan fingerprint density at radius 3 is 2.13 bits per heavy atom. The van der Waals surface area contributed by atoms with Gasteiger partial charge in [0.05, 0.1) is 12.7 Å². The Morgan fingerprint density at radius 1 is 1.13 bits per heavy atom. The minimum Gasteiger partial charge on any atom is -0.465 e. The van der Waals surface area contributed by atoms with Crippen molar-refractivity contribution in [1.82, 2.24) is 4.98 Å². The largest absolute Gasteiger partial charge is 0.465 e. The molecule has 0 unspecified atom stereocenters. The van der Waals surface area contributed by atoms with Crippen molar-refractivity contribution in [2.45, 2.75) is 26.2 Å². The number of aldehydes is 1. The smallest absolute Gasteiger partial charge is 0.339 e. The van der Waals surface area contributed by atoms with E-state index >= 15 is 0 Å². The second-order valence-corrected chi connectivity index (χ2v) is 5.95. The second kappa shape index (κ2) is 8.08. The molecule has 1 aromatic carbocycles. The van der Waals surface area contributed by atoms with E-state index in [2.05, 4.69) is 30.5 Å². The molecule has 1 aromatic heterocycles. The molecule has 0 atom stereocenters. The lowest BCUT2D eigenvalue weighted by atomic mass is 9.87. The van der Waals surface area contributed by atoms with Crippen LogP contribution in [0.25, 0.3) is 0 Å². The van der Waals surface area contributed by atoms with Crippen LogP contribution in [0.4, 0.5) is 5.82 Å². The number of anilines is 1. The first-order valence-electron chi connectivity index (χ1n) is 7.13. The van der Waals surface area contributed by atoms with Crippen LogP contribution in [-0.4, -0.2) is 24.3 Å². The fourth-order valence-electron chi connectivity index (χ4n) is 1.71. The summed E-state index contributed by atoms with van der Waals surface area (Å²) in [4.78, 5) is 24.9. The zero-order valence-electron chi connectivity index (χ0n) is 13.9. The molecule has 0 fully saturated rings. The van der Waals surface area contributed by atoms with E-state index in [0.29, 0.717) is 11.4 Å². The Morgan fingerprint density at radius 2 is 1.74 bits per heavy atom. The normalized spacial score (nSPS) is 10.3. The van der Waals surface area contributed by atoms with E-state index in [9.17, 15) is 9.59 Å². The summed E-state index contributed by atoms with van der Waals surface area (Å²) in [6.07, 6.45) is 2.24. The first kappa shape index (κ1) is 18.4. The summed E-state index contributed by atoms with van der Waals surface area (Å²) in [6.45, 7) is 6.47. The van der Waals surface area contributed by atoms with Gasteiger partial charge in [-0.2, -0.15) is 0 Å². The van der Waals surface area contributed by atoms with Crippen LogP contribution in [0.2, 0.25) is 0 Å². The molecule has 2 rings (SSSR count). The molecule has 2 N–H and O–H groups in total. The van der Waals surface area contributed by atoms with Crippen molar-refractivity contribution < 1.29 is 14.3 Å². The number of hydrogen-bond acceptors (Lipinski definition) is 5. The molecular formula is C18H22N2O3. The van der Waals surface area contributed by atoms with Crippen LogP contribution in [-0.2, 0) is 10.2 Å². The molecule has 0 spiro atoms. The standard InChI is InChI=1S/C11H14O.C7H8N2O2/c1-11(2,3)10-6-4-9(8-12)5-7-10;1-11-7(10)5-2-3-6(8)9-4-5/h4-8H,1-3H3;2-4H,1H3,(H2,8,9). The fraction of sp³-hybridized carbons (Fsp3) is 0.278. The number of ether oxygens (including phenoxy) is 1. The van der Waals surface area contributed by atoms with Gasteiger partial charge in [0.1, 0.15) is 12.1 Å². The predicted molar refractivity (Wildman–Crippen MR) is 90.5 cm³/mol. The number of rotatable bonds is 2. The van der Waals surface area contributed by atoms with E-state index in [1.807, 2.05) is 24.3 Å². The number of nitrogens with two attached hydrogens (primary N) is 1. The number of hydrogen-bond donors (Lipinski definition) is 1. The van der Waals surface area contributed by atoms with Gasteiger partial charge in [-0.25, -0.2) is 9.78 Å². The average molecular weight is 314 g/mol. The lowest BCUT2D eigenvalue weighted by Gasteiger charge is -2.18. The van der Waals surface area contributed by atoms with Crippen molar-refractivity contribution in [2.24, 2.45) is 0 Å². The van der Waals surface area contributed by atoms with Crippen LogP contribution in [0, 0.1) is 0 Å². The molecule has 0 radical (unpaired) electrons. The van der Waals surface area contributed by atoms with Gasteiger partial charge in [-0.1, -0.05) is 45.0 Å². The minimum atomic E-state index is -0.405. The van der Waals surface area contributed by atoms with Crippen molar-refractivity contribution in [2.75, 3.05) is 12.8 Å². The van der Waals surface area contributed by atoms with Crippen LogP contribution in [0.5, 0.6) is 0 Å². The molecule has 5 nitrogen and oxygen atoms in total. The summed E-state index contributed by atoms with van der Waals surface area (Å²) in [5.74, 6) is -0.0184. The molecule has 23 heavy (non-hydrogen) atoms.